The first-order valence-corrected chi connectivity index (χ1v) is 15.0. The Morgan fingerprint density at radius 2 is 1.31 bits per heavy atom. The fraction of sp³-hybridized carbons (Fsp3) is 0.0513. The Hall–Kier alpha value is -5.69. The highest BCUT2D eigenvalue weighted by Crippen LogP contribution is 2.37. The van der Waals surface area contributed by atoms with Crippen LogP contribution in [0.5, 0.6) is 0 Å². The first-order chi connectivity index (χ1) is 22.1. The molecule has 220 valence electrons. The summed E-state index contributed by atoms with van der Waals surface area (Å²) in [5.41, 5.74) is 22.0. The van der Waals surface area contributed by atoms with Gasteiger partial charge in [-0.25, -0.2) is 0 Å². The molecule has 6 heteroatoms. The average Bonchev–Trinajstić information content (AvgIpc) is 3.42. The number of hydrogen-bond donors (Lipinski definition) is 4. The van der Waals surface area contributed by atoms with E-state index in [-0.39, 0.29) is 0 Å². The fourth-order valence-electron chi connectivity index (χ4n) is 6.02. The van der Waals surface area contributed by atoms with Crippen molar-refractivity contribution in [2.45, 2.75) is 12.7 Å². The number of hydrogen-bond acceptors (Lipinski definition) is 4. The molecule has 7 rings (SSSR count). The third-order valence-corrected chi connectivity index (χ3v) is 8.26. The zero-order chi connectivity index (χ0) is 30.8. The number of nitrogens with two attached hydrogens (primary N) is 2. The van der Waals surface area contributed by atoms with Gasteiger partial charge in [0, 0.05) is 45.6 Å². The Kier molecular flexibility index (Phi) is 7.57. The number of nitrogens with zero attached hydrogens (tertiary/aromatic N) is 2. The molecule has 1 heterocycles. The molecule has 0 spiro atoms. The van der Waals surface area contributed by atoms with Crippen LogP contribution in [0.15, 0.2) is 152 Å². The summed E-state index contributed by atoms with van der Waals surface area (Å²) in [6, 6.07) is 51.0. The van der Waals surface area contributed by atoms with E-state index in [0.717, 1.165) is 61.2 Å². The number of amidine groups is 1. The van der Waals surface area contributed by atoms with E-state index in [9.17, 15) is 5.41 Å². The Bertz CT molecular complexity index is 2090. The molecule has 0 aliphatic heterocycles. The number of para-hydroxylation sites is 2. The summed E-state index contributed by atoms with van der Waals surface area (Å²) in [5, 5.41) is 15.1. The van der Waals surface area contributed by atoms with Crippen molar-refractivity contribution in [3.8, 4) is 5.69 Å². The first kappa shape index (κ1) is 28.1. The highest BCUT2D eigenvalue weighted by atomic mass is 15.3. The van der Waals surface area contributed by atoms with Crippen molar-refractivity contribution < 1.29 is 0 Å². The molecule has 1 unspecified atom stereocenters. The van der Waals surface area contributed by atoms with E-state index in [1.54, 1.807) is 0 Å². The lowest BCUT2D eigenvalue weighted by Crippen LogP contribution is -2.39. The Morgan fingerprint density at radius 3 is 2.00 bits per heavy atom. The van der Waals surface area contributed by atoms with Crippen molar-refractivity contribution in [1.82, 2.24) is 4.57 Å². The van der Waals surface area contributed by atoms with Crippen LogP contribution >= 0.6 is 0 Å². The van der Waals surface area contributed by atoms with Gasteiger partial charge in [0.05, 0.1) is 11.0 Å². The highest BCUT2D eigenvalue weighted by Gasteiger charge is 2.23. The van der Waals surface area contributed by atoms with Crippen LogP contribution in [0.4, 0.5) is 17.1 Å². The third-order valence-electron chi connectivity index (χ3n) is 8.26. The molecule has 0 saturated carbocycles. The summed E-state index contributed by atoms with van der Waals surface area (Å²) in [4.78, 5) is 1.88. The molecule has 1 aromatic heterocycles. The minimum absolute atomic E-state index is 0.336. The summed E-state index contributed by atoms with van der Waals surface area (Å²) >= 11 is 0. The van der Waals surface area contributed by atoms with Crippen LogP contribution in [0.1, 0.15) is 22.9 Å². The Balaban J connectivity index is 1.33. The second-order valence-corrected chi connectivity index (χ2v) is 11.0. The maximum atomic E-state index is 9.18. The minimum Gasteiger partial charge on any atom is -0.355 e. The lowest BCUT2D eigenvalue weighted by Gasteiger charge is -2.32. The van der Waals surface area contributed by atoms with E-state index in [4.69, 9.17) is 11.5 Å². The van der Waals surface area contributed by atoms with Gasteiger partial charge in [-0.3, -0.25) is 5.41 Å². The van der Waals surface area contributed by atoms with Gasteiger partial charge in [-0.2, -0.15) is 0 Å². The minimum atomic E-state index is -0.541. The molecular formula is C39H34N6. The van der Waals surface area contributed by atoms with E-state index >= 15 is 0 Å². The second-order valence-electron chi connectivity index (χ2n) is 11.0. The van der Waals surface area contributed by atoms with Crippen molar-refractivity contribution in [3.63, 3.8) is 0 Å². The maximum absolute atomic E-state index is 9.18. The monoisotopic (exact) mass is 586 g/mol. The van der Waals surface area contributed by atoms with Gasteiger partial charge in [0.25, 0.3) is 0 Å². The van der Waals surface area contributed by atoms with E-state index in [2.05, 4.69) is 70.5 Å². The Morgan fingerprint density at radius 1 is 0.689 bits per heavy atom. The van der Waals surface area contributed by atoms with Gasteiger partial charge in [-0.1, -0.05) is 97.1 Å². The standard InChI is InChI=1S/C39H34N6/c40-26-29-24-37-34(25-35(29)43-30-16-8-3-9-17-30)33-18-10-11-19-36(33)44(37)31-20-22-32(23-21-31)45(38(41)27-12-4-1-5-13-27)39(42)28-14-6-2-7-15-28/h1-25,38,42-43H,26,40-41H2. The van der Waals surface area contributed by atoms with Crippen LogP contribution in [0.25, 0.3) is 27.5 Å². The summed E-state index contributed by atoms with van der Waals surface area (Å²) in [5.74, 6) is 0.336. The van der Waals surface area contributed by atoms with Crippen LogP contribution in [0.3, 0.4) is 0 Å². The smallest absolute Gasteiger partial charge is 0.134 e. The van der Waals surface area contributed by atoms with Crippen molar-refractivity contribution in [3.05, 3.63) is 168 Å². The molecular weight excluding hydrogens is 552 g/mol. The molecule has 7 aromatic rings. The summed E-state index contributed by atoms with van der Waals surface area (Å²) < 4.78 is 2.28. The molecule has 6 aromatic carbocycles. The lowest BCUT2D eigenvalue weighted by molar-refractivity contribution is 0.750. The summed E-state index contributed by atoms with van der Waals surface area (Å²) in [7, 11) is 0. The molecule has 0 aliphatic carbocycles. The van der Waals surface area contributed by atoms with Crippen molar-refractivity contribution >= 4 is 44.7 Å². The predicted octanol–water partition coefficient (Wildman–Crippen LogP) is 8.48. The SMILES string of the molecule is N=C(c1ccccc1)N(c1ccc(-n2c3ccccc3c3cc(Nc4ccccc4)c(CN)cc32)cc1)C(N)c1ccccc1. The quantitative estimate of drug-likeness (QED) is 0.0816. The van der Waals surface area contributed by atoms with Crippen LogP contribution in [0.2, 0.25) is 0 Å². The maximum Gasteiger partial charge on any atom is 0.134 e. The third kappa shape index (κ3) is 5.33. The van der Waals surface area contributed by atoms with Gasteiger partial charge in [-0.05, 0) is 65.7 Å². The molecule has 1 atom stereocenters. The van der Waals surface area contributed by atoms with Crippen LogP contribution in [-0.4, -0.2) is 10.4 Å². The van der Waals surface area contributed by atoms with Crippen molar-refractivity contribution in [2.24, 2.45) is 11.5 Å². The van der Waals surface area contributed by atoms with Crippen LogP contribution < -0.4 is 21.7 Å². The van der Waals surface area contributed by atoms with E-state index in [1.807, 2.05) is 95.9 Å². The number of rotatable bonds is 8. The van der Waals surface area contributed by atoms with Crippen LogP contribution in [0, 0.1) is 5.41 Å². The van der Waals surface area contributed by atoms with Gasteiger partial charge >= 0.3 is 0 Å². The molecule has 6 N–H and O–H groups in total. The van der Waals surface area contributed by atoms with Crippen molar-refractivity contribution in [2.75, 3.05) is 10.2 Å². The largest absolute Gasteiger partial charge is 0.355 e. The van der Waals surface area contributed by atoms with Crippen molar-refractivity contribution in [1.29, 1.82) is 5.41 Å². The topological polar surface area (TPSA) is 96.1 Å². The number of fused-ring (bicyclic) bond motifs is 3. The Labute approximate surface area is 262 Å². The lowest BCUT2D eigenvalue weighted by atomic mass is 10.1. The zero-order valence-electron chi connectivity index (χ0n) is 24.8. The molecule has 0 amide bonds. The number of anilines is 3. The first-order valence-electron chi connectivity index (χ1n) is 15.0. The molecule has 45 heavy (non-hydrogen) atoms. The summed E-state index contributed by atoms with van der Waals surface area (Å²) in [6.45, 7) is 0.402. The molecule has 0 radical (unpaired) electrons. The van der Waals surface area contributed by atoms with Crippen LogP contribution in [-0.2, 0) is 6.54 Å². The molecule has 0 bridgehead atoms. The molecule has 6 nitrogen and oxygen atoms in total. The van der Waals surface area contributed by atoms with E-state index < -0.39 is 6.17 Å². The van der Waals surface area contributed by atoms with E-state index in [0.29, 0.717) is 12.4 Å². The predicted molar refractivity (Wildman–Crippen MR) is 188 cm³/mol. The fourth-order valence-corrected chi connectivity index (χ4v) is 6.02. The van der Waals surface area contributed by atoms with Gasteiger partial charge in [0.1, 0.15) is 12.0 Å². The second kappa shape index (κ2) is 12.1. The number of nitrogens with one attached hydrogen (secondary N) is 2. The number of aromatic nitrogens is 1. The van der Waals surface area contributed by atoms with E-state index in [1.165, 1.54) is 0 Å². The van der Waals surface area contributed by atoms with Gasteiger partial charge in [-0.15, -0.1) is 0 Å². The van der Waals surface area contributed by atoms with Gasteiger partial charge < -0.3 is 26.3 Å². The normalized spacial score (nSPS) is 11.9. The molecule has 0 saturated heterocycles. The average molecular weight is 587 g/mol. The molecule has 0 fully saturated rings. The zero-order valence-corrected chi connectivity index (χ0v) is 24.8. The van der Waals surface area contributed by atoms with Gasteiger partial charge in [0.15, 0.2) is 0 Å². The molecule has 0 aliphatic rings. The van der Waals surface area contributed by atoms with Gasteiger partial charge in [0.2, 0.25) is 0 Å². The number of benzene rings is 6. The highest BCUT2D eigenvalue weighted by molar-refractivity contribution is 6.11. The summed E-state index contributed by atoms with van der Waals surface area (Å²) in [6.07, 6.45) is -0.541.